The molecule has 0 saturated carbocycles. The molecule has 3 heterocycles. The van der Waals surface area contributed by atoms with Gasteiger partial charge < -0.3 is 15.1 Å². The van der Waals surface area contributed by atoms with Gasteiger partial charge in [-0.05, 0) is 19.9 Å². The highest BCUT2D eigenvalue weighted by atomic mass is 35.5. The van der Waals surface area contributed by atoms with Gasteiger partial charge in [-0.2, -0.15) is 5.10 Å². The Labute approximate surface area is 178 Å². The second-order valence-electron chi connectivity index (χ2n) is 6.35. The topological polar surface area (TPSA) is 80.5 Å². The van der Waals surface area contributed by atoms with Crippen molar-refractivity contribution in [3.8, 4) is 0 Å². The molecule has 7 nitrogen and oxygen atoms in total. The van der Waals surface area contributed by atoms with Crippen LogP contribution in [0.2, 0.25) is 0 Å². The van der Waals surface area contributed by atoms with Crippen LogP contribution in [0.3, 0.4) is 0 Å². The van der Waals surface area contributed by atoms with E-state index in [0.717, 1.165) is 38.4 Å². The average Bonchev–Trinajstić information content (AvgIpc) is 3.15. The zero-order valence-corrected chi connectivity index (χ0v) is 18.3. The van der Waals surface area contributed by atoms with E-state index in [-0.39, 0.29) is 43.1 Å². The Balaban J connectivity index is 0.00000225. The van der Waals surface area contributed by atoms with Crippen LogP contribution in [0.5, 0.6) is 0 Å². The van der Waals surface area contributed by atoms with Gasteiger partial charge in [0.2, 0.25) is 0 Å². The molecule has 1 fully saturated rings. The molecule has 1 aliphatic rings. The lowest BCUT2D eigenvalue weighted by Gasteiger charge is -2.34. The molecule has 3 rings (SSSR count). The lowest BCUT2D eigenvalue weighted by Crippen LogP contribution is -2.48. The number of hydrogen-bond donors (Lipinski definition) is 1. The number of carbonyl (C=O) groups is 1. The molecule has 27 heavy (non-hydrogen) atoms. The number of halogens is 3. The summed E-state index contributed by atoms with van der Waals surface area (Å²) in [5, 5.41) is 4.47. The minimum atomic E-state index is 0. The van der Waals surface area contributed by atoms with E-state index in [1.165, 1.54) is 17.5 Å². The standard InChI is InChI=1S/C17H25N5O2.3ClH/c1-12-16(13(2)20(3)19-12)10-21-4-6-22(7-5-21)17(23)14-8-15(9-18)24-11-14;;;/h8,11H,4-7,9-10,18H2,1-3H3;3*1H. The second kappa shape index (κ2) is 10.9. The van der Waals surface area contributed by atoms with Gasteiger partial charge in [0.25, 0.3) is 5.91 Å². The van der Waals surface area contributed by atoms with Crippen LogP contribution in [0, 0.1) is 13.8 Å². The first-order valence-corrected chi connectivity index (χ1v) is 8.27. The lowest BCUT2D eigenvalue weighted by atomic mass is 10.1. The summed E-state index contributed by atoms with van der Waals surface area (Å²) in [5.41, 5.74) is 9.70. The molecule has 1 aliphatic heterocycles. The molecule has 0 unspecified atom stereocenters. The van der Waals surface area contributed by atoms with Gasteiger partial charge in [-0.1, -0.05) is 0 Å². The van der Waals surface area contributed by atoms with E-state index in [9.17, 15) is 4.79 Å². The van der Waals surface area contributed by atoms with Gasteiger partial charge in [0.05, 0.1) is 17.8 Å². The number of carbonyl (C=O) groups excluding carboxylic acids is 1. The Morgan fingerprint density at radius 1 is 1.19 bits per heavy atom. The maximum atomic E-state index is 12.5. The van der Waals surface area contributed by atoms with Crippen LogP contribution in [0.1, 0.15) is 33.1 Å². The van der Waals surface area contributed by atoms with Crippen molar-refractivity contribution in [2.24, 2.45) is 12.8 Å². The van der Waals surface area contributed by atoms with E-state index in [1.54, 1.807) is 6.07 Å². The number of nitrogens with two attached hydrogens (primary N) is 1. The molecule has 0 spiro atoms. The number of piperazine rings is 1. The van der Waals surface area contributed by atoms with Gasteiger partial charge in [0.15, 0.2) is 0 Å². The van der Waals surface area contributed by atoms with Crippen molar-refractivity contribution in [1.82, 2.24) is 19.6 Å². The van der Waals surface area contributed by atoms with Crippen LogP contribution in [0.25, 0.3) is 0 Å². The van der Waals surface area contributed by atoms with Crippen molar-refractivity contribution in [2.45, 2.75) is 26.9 Å². The van der Waals surface area contributed by atoms with Crippen LogP contribution in [-0.2, 0) is 20.1 Å². The first kappa shape index (κ1) is 25.8. The summed E-state index contributed by atoms with van der Waals surface area (Å²) in [6.45, 7) is 8.52. The molecular weight excluding hydrogens is 413 g/mol. The third-order valence-electron chi connectivity index (χ3n) is 4.80. The van der Waals surface area contributed by atoms with Crippen LogP contribution in [0.4, 0.5) is 0 Å². The fourth-order valence-corrected chi connectivity index (χ4v) is 3.16. The van der Waals surface area contributed by atoms with E-state index in [1.807, 2.05) is 16.6 Å². The Kier molecular flexibility index (Phi) is 10.4. The summed E-state index contributed by atoms with van der Waals surface area (Å²) in [7, 11) is 1.98. The minimum Gasteiger partial charge on any atom is -0.467 e. The predicted molar refractivity (Wildman–Crippen MR) is 112 cm³/mol. The van der Waals surface area contributed by atoms with Crippen LogP contribution in [0.15, 0.2) is 16.7 Å². The monoisotopic (exact) mass is 439 g/mol. The van der Waals surface area contributed by atoms with Crippen molar-refractivity contribution in [3.63, 3.8) is 0 Å². The van der Waals surface area contributed by atoms with Crippen molar-refractivity contribution >= 4 is 43.1 Å². The largest absolute Gasteiger partial charge is 0.467 e. The predicted octanol–water partition coefficient (Wildman–Crippen LogP) is 2.31. The van der Waals surface area contributed by atoms with Crippen molar-refractivity contribution < 1.29 is 9.21 Å². The van der Waals surface area contributed by atoms with Gasteiger partial charge in [-0.15, -0.1) is 37.2 Å². The average molecular weight is 441 g/mol. The lowest BCUT2D eigenvalue weighted by molar-refractivity contribution is 0.0627. The quantitative estimate of drug-likeness (QED) is 0.789. The fraction of sp³-hybridized carbons (Fsp3) is 0.529. The highest BCUT2D eigenvalue weighted by molar-refractivity contribution is 5.94. The van der Waals surface area contributed by atoms with E-state index in [2.05, 4.69) is 23.8 Å². The maximum absolute atomic E-state index is 12.5. The van der Waals surface area contributed by atoms with E-state index in [4.69, 9.17) is 10.2 Å². The minimum absolute atomic E-state index is 0. The smallest absolute Gasteiger partial charge is 0.257 e. The zero-order chi connectivity index (χ0) is 17.3. The van der Waals surface area contributed by atoms with Crippen molar-refractivity contribution in [2.75, 3.05) is 26.2 Å². The number of furan rings is 1. The maximum Gasteiger partial charge on any atom is 0.257 e. The second-order valence-corrected chi connectivity index (χ2v) is 6.35. The normalized spacial score (nSPS) is 14.1. The molecule has 2 aromatic rings. The number of hydrogen-bond acceptors (Lipinski definition) is 5. The number of nitrogens with zero attached hydrogens (tertiary/aromatic N) is 4. The Bertz CT molecular complexity index is 739. The first-order chi connectivity index (χ1) is 11.5. The molecule has 2 N–H and O–H groups in total. The molecule has 2 aromatic heterocycles. The molecule has 1 amide bonds. The molecule has 1 saturated heterocycles. The summed E-state index contributed by atoms with van der Waals surface area (Å²) < 4.78 is 7.19. The summed E-state index contributed by atoms with van der Waals surface area (Å²) in [5.74, 6) is 0.659. The number of rotatable bonds is 4. The fourth-order valence-electron chi connectivity index (χ4n) is 3.16. The summed E-state index contributed by atoms with van der Waals surface area (Å²) in [6, 6.07) is 1.73. The highest BCUT2D eigenvalue weighted by Gasteiger charge is 2.24. The van der Waals surface area contributed by atoms with E-state index < -0.39 is 0 Å². The number of amides is 1. The SMILES string of the molecule is Cc1nn(C)c(C)c1CN1CCN(C(=O)c2coc(CN)c2)CC1.Cl.Cl.Cl. The molecule has 10 heteroatoms. The Morgan fingerprint density at radius 2 is 1.81 bits per heavy atom. The van der Waals surface area contributed by atoms with Gasteiger partial charge in [-0.3, -0.25) is 14.4 Å². The number of aromatic nitrogens is 2. The zero-order valence-electron chi connectivity index (χ0n) is 15.8. The van der Waals surface area contributed by atoms with E-state index in [0.29, 0.717) is 17.9 Å². The molecule has 0 aromatic carbocycles. The Morgan fingerprint density at radius 3 is 2.30 bits per heavy atom. The summed E-state index contributed by atoms with van der Waals surface area (Å²) in [4.78, 5) is 16.8. The molecular formula is C17H28Cl3N5O2. The summed E-state index contributed by atoms with van der Waals surface area (Å²) >= 11 is 0. The number of aryl methyl sites for hydroxylation is 2. The van der Waals surface area contributed by atoms with Gasteiger partial charge in [0, 0.05) is 51.0 Å². The van der Waals surface area contributed by atoms with Crippen LogP contribution < -0.4 is 5.73 Å². The molecule has 154 valence electrons. The Hall–Kier alpha value is -1.25. The molecule has 0 atom stereocenters. The van der Waals surface area contributed by atoms with Gasteiger partial charge >= 0.3 is 0 Å². The molecule has 0 aliphatic carbocycles. The van der Waals surface area contributed by atoms with Gasteiger partial charge in [-0.25, -0.2) is 0 Å². The van der Waals surface area contributed by atoms with Crippen molar-refractivity contribution in [1.29, 1.82) is 0 Å². The van der Waals surface area contributed by atoms with Crippen molar-refractivity contribution in [3.05, 3.63) is 40.6 Å². The highest BCUT2D eigenvalue weighted by Crippen LogP contribution is 2.17. The summed E-state index contributed by atoms with van der Waals surface area (Å²) in [6.07, 6.45) is 1.50. The third kappa shape index (κ3) is 5.62. The third-order valence-corrected chi connectivity index (χ3v) is 4.80. The molecule has 0 radical (unpaired) electrons. The van der Waals surface area contributed by atoms with E-state index >= 15 is 0 Å². The first-order valence-electron chi connectivity index (χ1n) is 8.27. The van der Waals surface area contributed by atoms with Crippen LogP contribution >= 0.6 is 37.2 Å². The molecule has 0 bridgehead atoms. The van der Waals surface area contributed by atoms with Crippen LogP contribution in [-0.4, -0.2) is 51.7 Å². The van der Waals surface area contributed by atoms with Gasteiger partial charge in [0.1, 0.15) is 12.0 Å².